The van der Waals surface area contributed by atoms with Crippen molar-refractivity contribution in [3.05, 3.63) is 64.1 Å². The van der Waals surface area contributed by atoms with Crippen LogP contribution in [0.15, 0.2) is 47.4 Å². The molecule has 2 saturated heterocycles. The van der Waals surface area contributed by atoms with E-state index in [2.05, 4.69) is 6.07 Å². The number of methoxy groups -OCH3 is 1. The van der Waals surface area contributed by atoms with Crippen molar-refractivity contribution in [3.63, 3.8) is 0 Å². The van der Waals surface area contributed by atoms with Gasteiger partial charge in [0, 0.05) is 12.2 Å². The third-order valence-corrected chi connectivity index (χ3v) is 6.67. The SMILES string of the molecule is COc1cc(/C=C2\SC(=S)N(C[C@H]3CCCO3)C2=O)ccc1OCc1ccccc1C#N. The summed E-state index contributed by atoms with van der Waals surface area (Å²) in [5, 5.41) is 9.24. The summed E-state index contributed by atoms with van der Waals surface area (Å²) in [6.07, 6.45) is 3.84. The van der Waals surface area contributed by atoms with Crippen LogP contribution in [0.4, 0.5) is 0 Å². The van der Waals surface area contributed by atoms with Crippen molar-refractivity contribution in [2.75, 3.05) is 20.3 Å². The van der Waals surface area contributed by atoms with Crippen LogP contribution in [0.1, 0.15) is 29.5 Å². The predicted octanol–water partition coefficient (Wildman–Crippen LogP) is 4.53. The van der Waals surface area contributed by atoms with Gasteiger partial charge in [-0.3, -0.25) is 9.69 Å². The number of hydrogen-bond donors (Lipinski definition) is 0. The number of rotatable bonds is 7. The molecule has 2 heterocycles. The fourth-order valence-corrected chi connectivity index (χ4v) is 4.88. The lowest BCUT2D eigenvalue weighted by Crippen LogP contribution is -2.35. The highest BCUT2D eigenvalue weighted by molar-refractivity contribution is 8.26. The third kappa shape index (κ3) is 4.96. The van der Waals surface area contributed by atoms with E-state index in [1.165, 1.54) is 11.8 Å². The molecule has 0 radical (unpaired) electrons. The molecular weight excluding hydrogens is 444 g/mol. The maximum Gasteiger partial charge on any atom is 0.266 e. The Morgan fingerprint density at radius 3 is 2.91 bits per heavy atom. The lowest BCUT2D eigenvalue weighted by molar-refractivity contribution is -0.123. The van der Waals surface area contributed by atoms with Gasteiger partial charge < -0.3 is 14.2 Å². The minimum absolute atomic E-state index is 0.0551. The second-order valence-corrected chi connectivity index (χ2v) is 9.07. The van der Waals surface area contributed by atoms with Crippen LogP contribution in [0.5, 0.6) is 11.5 Å². The van der Waals surface area contributed by atoms with E-state index < -0.39 is 0 Å². The number of carbonyl (C=O) groups excluding carboxylic acids is 1. The first-order valence-electron chi connectivity index (χ1n) is 10.2. The van der Waals surface area contributed by atoms with Gasteiger partial charge in [-0.2, -0.15) is 5.26 Å². The summed E-state index contributed by atoms with van der Waals surface area (Å²) in [6, 6.07) is 15.0. The van der Waals surface area contributed by atoms with Gasteiger partial charge in [0.05, 0.1) is 36.3 Å². The second-order valence-electron chi connectivity index (χ2n) is 7.40. The van der Waals surface area contributed by atoms with Gasteiger partial charge in [-0.1, -0.05) is 48.2 Å². The summed E-state index contributed by atoms with van der Waals surface area (Å²) < 4.78 is 17.6. The molecule has 0 saturated carbocycles. The van der Waals surface area contributed by atoms with Crippen LogP contribution in [0.2, 0.25) is 0 Å². The Kier molecular flexibility index (Phi) is 7.10. The number of ether oxygens (including phenoxy) is 3. The molecule has 32 heavy (non-hydrogen) atoms. The van der Waals surface area contributed by atoms with Crippen molar-refractivity contribution in [2.24, 2.45) is 0 Å². The molecule has 1 amide bonds. The smallest absolute Gasteiger partial charge is 0.266 e. The van der Waals surface area contributed by atoms with Crippen LogP contribution in [-0.4, -0.2) is 41.5 Å². The standard InChI is InChI=1S/C24H22N2O4S2/c1-28-21-11-16(8-9-20(21)30-15-18-6-3-2-5-17(18)13-25)12-22-23(27)26(24(31)32-22)14-19-7-4-10-29-19/h2-3,5-6,8-9,11-12,19H,4,7,10,14-15H2,1H3/b22-12-/t19-/m1/s1. The molecule has 2 aromatic carbocycles. The highest BCUT2D eigenvalue weighted by Gasteiger charge is 2.34. The molecule has 0 aliphatic carbocycles. The average molecular weight is 467 g/mol. The third-order valence-electron chi connectivity index (χ3n) is 5.29. The molecule has 8 heteroatoms. The van der Waals surface area contributed by atoms with E-state index in [1.54, 1.807) is 24.1 Å². The van der Waals surface area contributed by atoms with Crippen molar-refractivity contribution in [1.82, 2.24) is 4.90 Å². The van der Waals surface area contributed by atoms with Crippen molar-refractivity contribution in [2.45, 2.75) is 25.6 Å². The molecule has 4 rings (SSSR count). The number of hydrogen-bond acceptors (Lipinski definition) is 7. The van der Waals surface area contributed by atoms with Gasteiger partial charge in [-0.25, -0.2) is 0 Å². The monoisotopic (exact) mass is 466 g/mol. The molecule has 2 aromatic rings. The number of thiocarbonyl (C=S) groups is 1. The number of nitriles is 1. The number of benzene rings is 2. The Hall–Kier alpha value is -2.86. The first-order valence-corrected chi connectivity index (χ1v) is 11.5. The van der Waals surface area contributed by atoms with Crippen LogP contribution in [0, 0.1) is 11.3 Å². The summed E-state index contributed by atoms with van der Waals surface area (Å²) in [5.74, 6) is 1.01. The number of nitrogens with zero attached hydrogens (tertiary/aromatic N) is 2. The highest BCUT2D eigenvalue weighted by Crippen LogP contribution is 2.35. The molecule has 2 aliphatic rings. The van der Waals surface area contributed by atoms with Crippen LogP contribution < -0.4 is 9.47 Å². The zero-order chi connectivity index (χ0) is 22.5. The Balaban J connectivity index is 1.47. The van der Waals surface area contributed by atoms with E-state index in [4.69, 9.17) is 26.4 Å². The molecule has 0 N–H and O–H groups in total. The molecule has 0 aromatic heterocycles. The van der Waals surface area contributed by atoms with Crippen molar-refractivity contribution in [3.8, 4) is 17.6 Å². The highest BCUT2D eigenvalue weighted by atomic mass is 32.2. The van der Waals surface area contributed by atoms with Crippen LogP contribution in [0.3, 0.4) is 0 Å². The fourth-order valence-electron chi connectivity index (χ4n) is 3.60. The molecule has 2 aliphatic heterocycles. The molecular formula is C24H22N2O4S2. The number of amides is 1. The first-order chi connectivity index (χ1) is 15.6. The maximum absolute atomic E-state index is 12.9. The van der Waals surface area contributed by atoms with Crippen molar-refractivity contribution in [1.29, 1.82) is 5.26 Å². The van der Waals surface area contributed by atoms with Gasteiger partial charge in [0.15, 0.2) is 11.5 Å². The Morgan fingerprint density at radius 2 is 2.16 bits per heavy atom. The minimum atomic E-state index is -0.0945. The van der Waals surface area contributed by atoms with Gasteiger partial charge >= 0.3 is 0 Å². The van der Waals surface area contributed by atoms with E-state index in [0.717, 1.165) is 30.6 Å². The Morgan fingerprint density at radius 1 is 1.31 bits per heavy atom. The van der Waals surface area contributed by atoms with Crippen molar-refractivity contribution >= 4 is 40.3 Å². The average Bonchev–Trinajstić information content (AvgIpc) is 3.42. The lowest BCUT2D eigenvalue weighted by Gasteiger charge is -2.18. The summed E-state index contributed by atoms with van der Waals surface area (Å²) in [5.41, 5.74) is 2.19. The van der Waals surface area contributed by atoms with E-state index in [0.29, 0.717) is 32.8 Å². The topological polar surface area (TPSA) is 71.8 Å². The fraction of sp³-hybridized carbons (Fsp3) is 0.292. The first kappa shape index (κ1) is 22.3. The molecule has 6 nitrogen and oxygen atoms in total. The van der Waals surface area contributed by atoms with E-state index in [1.807, 2.05) is 36.4 Å². The Labute approximate surface area is 196 Å². The second kappa shape index (κ2) is 10.2. The lowest BCUT2D eigenvalue weighted by atomic mass is 10.1. The minimum Gasteiger partial charge on any atom is -0.493 e. The van der Waals surface area contributed by atoms with Crippen molar-refractivity contribution < 1.29 is 19.0 Å². The van der Waals surface area contributed by atoms with E-state index in [-0.39, 0.29) is 18.6 Å². The van der Waals surface area contributed by atoms with E-state index >= 15 is 0 Å². The summed E-state index contributed by atoms with van der Waals surface area (Å²) in [7, 11) is 1.57. The normalized spacial score (nSPS) is 19.4. The maximum atomic E-state index is 12.9. The van der Waals surface area contributed by atoms with Crippen LogP contribution >= 0.6 is 24.0 Å². The van der Waals surface area contributed by atoms with E-state index in [9.17, 15) is 10.1 Å². The zero-order valence-electron chi connectivity index (χ0n) is 17.6. The largest absolute Gasteiger partial charge is 0.493 e. The summed E-state index contributed by atoms with van der Waals surface area (Å²) >= 11 is 6.72. The summed E-state index contributed by atoms with van der Waals surface area (Å²) in [6.45, 7) is 1.50. The molecule has 164 valence electrons. The van der Waals surface area contributed by atoms with Gasteiger partial charge in [0.25, 0.3) is 5.91 Å². The zero-order valence-corrected chi connectivity index (χ0v) is 19.2. The van der Waals surface area contributed by atoms with Gasteiger partial charge in [-0.15, -0.1) is 0 Å². The molecule has 1 atom stereocenters. The quantitative estimate of drug-likeness (QED) is 0.439. The molecule has 0 unspecified atom stereocenters. The predicted molar refractivity (Wildman–Crippen MR) is 127 cm³/mol. The van der Waals surface area contributed by atoms with Gasteiger partial charge in [0.2, 0.25) is 0 Å². The Bertz CT molecular complexity index is 1100. The molecule has 2 fully saturated rings. The number of carbonyl (C=O) groups is 1. The summed E-state index contributed by atoms with van der Waals surface area (Å²) in [4.78, 5) is 15.1. The van der Waals surface area contributed by atoms with Gasteiger partial charge in [-0.05, 0) is 42.7 Å². The van der Waals surface area contributed by atoms with Crippen LogP contribution in [0.25, 0.3) is 6.08 Å². The number of thioether (sulfide) groups is 1. The molecule has 0 bridgehead atoms. The molecule has 0 spiro atoms. The van der Waals surface area contributed by atoms with Crippen LogP contribution in [-0.2, 0) is 16.1 Å². The van der Waals surface area contributed by atoms with Gasteiger partial charge in [0.1, 0.15) is 10.9 Å².